The Balaban J connectivity index is 0.00000144. The van der Waals surface area contributed by atoms with Crippen LogP contribution in [0.4, 0.5) is 5.82 Å². The smallest absolute Gasteiger partial charge is 0.152 e. The van der Waals surface area contributed by atoms with E-state index in [1.165, 1.54) is 6.42 Å². The van der Waals surface area contributed by atoms with Crippen molar-refractivity contribution in [1.82, 2.24) is 9.55 Å². The number of nitrogens with zero attached hydrogens (tertiary/aromatic N) is 3. The first kappa shape index (κ1) is 14.0. The summed E-state index contributed by atoms with van der Waals surface area (Å²) < 4.78 is 2.27. The third-order valence-electron chi connectivity index (χ3n) is 2.93. The molecule has 0 saturated carbocycles. The molecule has 0 bridgehead atoms. The average Bonchev–Trinajstić information content (AvgIpc) is 2.73. The topological polar surface area (TPSA) is 42.2 Å². The summed E-state index contributed by atoms with van der Waals surface area (Å²) >= 11 is 0. The van der Waals surface area contributed by atoms with Crippen LogP contribution in [0.1, 0.15) is 26.1 Å². The van der Waals surface area contributed by atoms with Gasteiger partial charge in [0.2, 0.25) is 0 Å². The highest BCUT2D eigenvalue weighted by atomic mass is 35.5. The van der Waals surface area contributed by atoms with Gasteiger partial charge in [0, 0.05) is 32.6 Å². The Kier molecular flexibility index (Phi) is 5.00. The van der Waals surface area contributed by atoms with Crippen LogP contribution in [0, 0.1) is 5.92 Å². The van der Waals surface area contributed by atoms with Gasteiger partial charge in [-0.1, -0.05) is 13.8 Å². The van der Waals surface area contributed by atoms with Gasteiger partial charge in [-0.2, -0.15) is 0 Å². The van der Waals surface area contributed by atoms with E-state index in [4.69, 9.17) is 0 Å². The number of halogens is 1. The van der Waals surface area contributed by atoms with Crippen LogP contribution in [0.5, 0.6) is 0 Å². The Hall–Kier alpha value is -1.03. The molecule has 0 atom stereocenters. The lowest BCUT2D eigenvalue weighted by atomic mass is 10.1. The number of rotatable bonds is 3. The monoisotopic (exact) mass is 256 g/mol. The van der Waals surface area contributed by atoms with Crippen LogP contribution in [0.2, 0.25) is 0 Å². The molecule has 2 rings (SSSR count). The van der Waals surface area contributed by atoms with Crippen molar-refractivity contribution in [2.75, 3.05) is 18.9 Å². The molecule has 1 aliphatic rings. The van der Waals surface area contributed by atoms with Gasteiger partial charge in [-0.05, 0) is 12.3 Å². The van der Waals surface area contributed by atoms with Crippen molar-refractivity contribution in [3.05, 3.63) is 17.4 Å². The lowest BCUT2D eigenvalue weighted by Gasteiger charge is -2.11. The van der Waals surface area contributed by atoms with Crippen LogP contribution in [-0.4, -0.2) is 23.1 Å². The Bertz CT molecular complexity index is 437. The van der Waals surface area contributed by atoms with Crippen molar-refractivity contribution in [1.29, 1.82) is 0 Å². The van der Waals surface area contributed by atoms with Crippen molar-refractivity contribution < 1.29 is 0 Å². The molecule has 4 nitrogen and oxygen atoms in total. The van der Waals surface area contributed by atoms with Crippen LogP contribution < -0.4 is 10.8 Å². The summed E-state index contributed by atoms with van der Waals surface area (Å²) in [7, 11) is 1.79. The minimum absolute atomic E-state index is 0. The molecule has 0 saturated heterocycles. The van der Waals surface area contributed by atoms with Crippen molar-refractivity contribution in [3.63, 3.8) is 0 Å². The number of hydrogen-bond donors (Lipinski definition) is 1. The van der Waals surface area contributed by atoms with E-state index >= 15 is 0 Å². The quantitative estimate of drug-likeness (QED) is 0.897. The summed E-state index contributed by atoms with van der Waals surface area (Å²) in [6, 6.07) is 2.02. The summed E-state index contributed by atoms with van der Waals surface area (Å²) in [5.41, 5.74) is 0.833. The van der Waals surface area contributed by atoms with Crippen LogP contribution in [0.25, 0.3) is 0 Å². The SMILES string of the molecule is CN=c1cc2n(c(CCC(C)C)n1)CCN2.Cl. The van der Waals surface area contributed by atoms with Crippen LogP contribution in [-0.2, 0) is 13.0 Å². The molecule has 17 heavy (non-hydrogen) atoms. The molecule has 96 valence electrons. The molecule has 1 aliphatic heterocycles. The highest BCUT2D eigenvalue weighted by Crippen LogP contribution is 2.15. The van der Waals surface area contributed by atoms with Gasteiger partial charge < -0.3 is 9.88 Å². The summed E-state index contributed by atoms with van der Waals surface area (Å²) in [4.78, 5) is 8.76. The fourth-order valence-corrected chi connectivity index (χ4v) is 1.98. The van der Waals surface area contributed by atoms with Crippen LogP contribution >= 0.6 is 12.4 Å². The molecule has 0 fully saturated rings. The maximum Gasteiger partial charge on any atom is 0.152 e. The second kappa shape index (κ2) is 6.05. The van der Waals surface area contributed by atoms with E-state index in [-0.39, 0.29) is 12.4 Å². The first-order valence-electron chi connectivity index (χ1n) is 5.98. The number of aromatic nitrogens is 2. The predicted molar refractivity (Wildman–Crippen MR) is 72.6 cm³/mol. The van der Waals surface area contributed by atoms with Gasteiger partial charge in [-0.15, -0.1) is 12.4 Å². The molecule has 0 aliphatic carbocycles. The van der Waals surface area contributed by atoms with E-state index < -0.39 is 0 Å². The fraction of sp³-hybridized carbons (Fsp3) is 0.667. The molecule has 1 aromatic heterocycles. The molecular formula is C12H21ClN4. The molecule has 0 amide bonds. The Labute approximate surface area is 109 Å². The number of nitrogens with one attached hydrogen (secondary N) is 1. The Morgan fingerprint density at radius 3 is 2.94 bits per heavy atom. The van der Waals surface area contributed by atoms with Gasteiger partial charge in [-0.3, -0.25) is 4.99 Å². The minimum Gasteiger partial charge on any atom is -0.370 e. The van der Waals surface area contributed by atoms with Gasteiger partial charge >= 0.3 is 0 Å². The average molecular weight is 257 g/mol. The molecule has 1 N–H and O–H groups in total. The highest BCUT2D eigenvalue weighted by Gasteiger charge is 2.13. The first-order valence-corrected chi connectivity index (χ1v) is 5.98. The molecule has 2 heterocycles. The van der Waals surface area contributed by atoms with E-state index in [2.05, 4.69) is 33.7 Å². The Morgan fingerprint density at radius 2 is 2.29 bits per heavy atom. The molecule has 0 aromatic carbocycles. The van der Waals surface area contributed by atoms with Gasteiger partial charge in [0.1, 0.15) is 11.6 Å². The first-order chi connectivity index (χ1) is 7.70. The van der Waals surface area contributed by atoms with Crippen molar-refractivity contribution in [2.24, 2.45) is 10.9 Å². The zero-order chi connectivity index (χ0) is 11.5. The maximum atomic E-state index is 4.59. The fourth-order valence-electron chi connectivity index (χ4n) is 1.98. The molecule has 1 aromatic rings. The molecule has 0 radical (unpaired) electrons. The Morgan fingerprint density at radius 1 is 1.53 bits per heavy atom. The van der Waals surface area contributed by atoms with Crippen LogP contribution in [0.3, 0.4) is 0 Å². The zero-order valence-corrected chi connectivity index (χ0v) is 11.5. The van der Waals surface area contributed by atoms with Crippen LogP contribution in [0.15, 0.2) is 11.1 Å². The van der Waals surface area contributed by atoms with E-state index in [0.29, 0.717) is 0 Å². The van der Waals surface area contributed by atoms with Crippen molar-refractivity contribution in [3.8, 4) is 0 Å². The molecular weight excluding hydrogens is 236 g/mol. The standard InChI is InChI=1S/C12H20N4.ClH/c1-9(2)4-5-11-15-10(13-3)8-12-14-6-7-16(11)12;/h8-9,14H,4-7H2,1-3H3;1H. The van der Waals surface area contributed by atoms with Gasteiger partial charge in [0.15, 0.2) is 5.49 Å². The lowest BCUT2D eigenvalue weighted by Crippen LogP contribution is -2.17. The van der Waals surface area contributed by atoms with Crippen molar-refractivity contribution in [2.45, 2.75) is 33.2 Å². The molecule has 0 spiro atoms. The summed E-state index contributed by atoms with van der Waals surface area (Å²) in [5.74, 6) is 3.04. The summed E-state index contributed by atoms with van der Waals surface area (Å²) in [6.45, 7) is 6.53. The lowest BCUT2D eigenvalue weighted by molar-refractivity contribution is 0.555. The summed E-state index contributed by atoms with van der Waals surface area (Å²) in [5, 5.41) is 3.37. The maximum absolute atomic E-state index is 4.59. The van der Waals surface area contributed by atoms with Gasteiger partial charge in [0.05, 0.1) is 0 Å². The van der Waals surface area contributed by atoms with E-state index in [0.717, 1.165) is 42.6 Å². The van der Waals surface area contributed by atoms with Crippen molar-refractivity contribution >= 4 is 18.2 Å². The molecule has 0 unspecified atom stereocenters. The predicted octanol–water partition coefficient (Wildman–Crippen LogP) is 1.85. The molecule has 5 heteroatoms. The third kappa shape index (κ3) is 3.22. The highest BCUT2D eigenvalue weighted by molar-refractivity contribution is 5.85. The van der Waals surface area contributed by atoms with E-state index in [1.54, 1.807) is 7.05 Å². The minimum atomic E-state index is 0. The van der Waals surface area contributed by atoms with E-state index in [9.17, 15) is 0 Å². The number of hydrogen-bond acceptors (Lipinski definition) is 3. The van der Waals surface area contributed by atoms with Gasteiger partial charge in [-0.25, -0.2) is 4.98 Å². The normalized spacial score (nSPS) is 14.5. The number of aryl methyl sites for hydroxylation is 1. The van der Waals surface area contributed by atoms with Gasteiger partial charge in [0.25, 0.3) is 0 Å². The zero-order valence-electron chi connectivity index (χ0n) is 10.7. The third-order valence-corrected chi connectivity index (χ3v) is 2.93. The number of anilines is 1. The second-order valence-corrected chi connectivity index (χ2v) is 4.65. The summed E-state index contributed by atoms with van der Waals surface area (Å²) in [6.07, 6.45) is 2.22. The number of fused-ring (bicyclic) bond motifs is 1. The van der Waals surface area contributed by atoms with E-state index in [1.807, 2.05) is 6.07 Å². The largest absolute Gasteiger partial charge is 0.370 e. The second-order valence-electron chi connectivity index (χ2n) is 4.65.